The Labute approximate surface area is 160 Å². The van der Waals surface area contributed by atoms with E-state index in [0.717, 1.165) is 11.3 Å². The molecule has 2 amide bonds. The molecule has 2 aromatic carbocycles. The van der Waals surface area contributed by atoms with Crippen LogP contribution in [0.15, 0.2) is 53.4 Å². The van der Waals surface area contributed by atoms with Crippen molar-refractivity contribution < 1.29 is 14.3 Å². The van der Waals surface area contributed by atoms with Crippen LogP contribution < -0.4 is 15.4 Å². The second-order valence-corrected chi connectivity index (χ2v) is 7.26. The van der Waals surface area contributed by atoms with Crippen LogP contribution in [0.2, 0.25) is 0 Å². The number of hydrogen-bond donors (Lipinski definition) is 2. The molecule has 0 aliphatic carbocycles. The first-order valence-electron chi connectivity index (χ1n) is 7.85. The van der Waals surface area contributed by atoms with Crippen molar-refractivity contribution >= 4 is 51.9 Å². The number of amides is 2. The van der Waals surface area contributed by atoms with E-state index in [1.165, 1.54) is 11.8 Å². The minimum absolute atomic E-state index is 0.133. The van der Waals surface area contributed by atoms with Gasteiger partial charge in [0.1, 0.15) is 10.1 Å². The Balaban J connectivity index is 1.68. The molecule has 2 aromatic rings. The number of anilines is 1. The van der Waals surface area contributed by atoms with E-state index in [4.69, 9.17) is 17.0 Å². The first-order valence-corrected chi connectivity index (χ1v) is 9.07. The fourth-order valence-corrected chi connectivity index (χ4v) is 3.37. The van der Waals surface area contributed by atoms with Crippen molar-refractivity contribution in [2.45, 2.75) is 6.92 Å². The zero-order chi connectivity index (χ0) is 18.5. The van der Waals surface area contributed by atoms with Crippen LogP contribution in [-0.4, -0.2) is 22.7 Å². The van der Waals surface area contributed by atoms with Crippen LogP contribution in [-0.2, 0) is 9.59 Å². The Bertz CT molecular complexity index is 909. The summed E-state index contributed by atoms with van der Waals surface area (Å²) >= 11 is 6.19. The van der Waals surface area contributed by atoms with Gasteiger partial charge in [-0.15, -0.1) is 0 Å². The lowest BCUT2D eigenvalue weighted by Gasteiger charge is -2.11. The first kappa shape index (κ1) is 18.2. The molecule has 1 heterocycles. The summed E-state index contributed by atoms with van der Waals surface area (Å²) in [7, 11) is 0. The Morgan fingerprint density at radius 1 is 1.23 bits per heavy atom. The average Bonchev–Trinajstić information content (AvgIpc) is 2.93. The van der Waals surface area contributed by atoms with Crippen LogP contribution >= 0.6 is 24.0 Å². The maximum atomic E-state index is 12.2. The maximum absolute atomic E-state index is 12.2. The van der Waals surface area contributed by atoms with Gasteiger partial charge >= 0.3 is 0 Å². The molecule has 132 valence electrons. The number of hydrogen-bond acceptors (Lipinski definition) is 5. The molecule has 0 radical (unpaired) electrons. The minimum Gasteiger partial charge on any atom is -0.483 e. The van der Waals surface area contributed by atoms with Crippen LogP contribution in [0.25, 0.3) is 6.08 Å². The Morgan fingerprint density at radius 3 is 2.69 bits per heavy atom. The van der Waals surface area contributed by atoms with Crippen LogP contribution in [0.4, 0.5) is 5.69 Å². The molecular formula is C19H16N2O3S2. The Kier molecular flexibility index (Phi) is 5.70. The predicted octanol–water partition coefficient (Wildman–Crippen LogP) is 3.50. The molecule has 0 atom stereocenters. The highest BCUT2D eigenvalue weighted by Gasteiger charge is 2.22. The quantitative estimate of drug-likeness (QED) is 0.610. The second kappa shape index (κ2) is 8.16. The largest absolute Gasteiger partial charge is 0.483 e. The first-order chi connectivity index (χ1) is 12.5. The number of nitrogens with one attached hydrogen (secondary N) is 2. The van der Waals surface area contributed by atoms with Gasteiger partial charge in [0.2, 0.25) is 0 Å². The zero-order valence-electron chi connectivity index (χ0n) is 13.9. The number of thioether (sulfide) groups is 1. The van der Waals surface area contributed by atoms with Gasteiger partial charge in [-0.05, 0) is 30.7 Å². The molecule has 0 bridgehead atoms. The molecule has 0 aromatic heterocycles. The van der Waals surface area contributed by atoms with Gasteiger partial charge in [-0.2, -0.15) is 0 Å². The monoisotopic (exact) mass is 384 g/mol. The predicted molar refractivity (Wildman–Crippen MR) is 108 cm³/mol. The lowest BCUT2D eigenvalue weighted by atomic mass is 10.2. The van der Waals surface area contributed by atoms with E-state index >= 15 is 0 Å². The standard InChI is InChI=1S/C19H16N2O3S2/c1-12-6-2-4-8-14(12)20-17(22)11-24-15-9-5-3-7-13(15)10-16-18(23)21-19(25)26-16/h2-10H,11H2,1H3,(H,20,22)(H,21,23,25)/b16-10-. The van der Waals surface area contributed by atoms with Gasteiger partial charge in [0.15, 0.2) is 6.61 Å². The normalized spacial score (nSPS) is 15.0. The van der Waals surface area contributed by atoms with Crippen molar-refractivity contribution in [2.75, 3.05) is 11.9 Å². The van der Waals surface area contributed by atoms with E-state index in [9.17, 15) is 9.59 Å². The molecule has 26 heavy (non-hydrogen) atoms. The third-order valence-corrected chi connectivity index (χ3v) is 4.79. The summed E-state index contributed by atoms with van der Waals surface area (Å²) in [5, 5.41) is 5.39. The molecule has 0 unspecified atom stereocenters. The van der Waals surface area contributed by atoms with Gasteiger partial charge in [0, 0.05) is 11.3 Å². The molecule has 7 heteroatoms. The van der Waals surface area contributed by atoms with Gasteiger partial charge in [0.25, 0.3) is 11.8 Å². The molecule has 3 rings (SSSR count). The Morgan fingerprint density at radius 2 is 1.96 bits per heavy atom. The number of aryl methyl sites for hydroxylation is 1. The third-order valence-electron chi connectivity index (χ3n) is 3.63. The van der Waals surface area contributed by atoms with Crippen LogP contribution in [0, 0.1) is 6.92 Å². The molecule has 0 spiro atoms. The summed E-state index contributed by atoms with van der Waals surface area (Å²) in [5.41, 5.74) is 2.44. The molecule has 1 aliphatic heterocycles. The van der Waals surface area contributed by atoms with E-state index in [0.29, 0.717) is 20.5 Å². The summed E-state index contributed by atoms with van der Waals surface area (Å²) in [6.07, 6.45) is 1.70. The van der Waals surface area contributed by atoms with Gasteiger partial charge in [-0.1, -0.05) is 60.4 Å². The molecule has 1 fully saturated rings. The van der Waals surface area contributed by atoms with Crippen molar-refractivity contribution in [2.24, 2.45) is 0 Å². The maximum Gasteiger partial charge on any atom is 0.263 e. The highest BCUT2D eigenvalue weighted by Crippen LogP contribution is 2.29. The number of carbonyl (C=O) groups excluding carboxylic acids is 2. The molecule has 5 nitrogen and oxygen atoms in total. The van der Waals surface area contributed by atoms with Crippen LogP contribution in [0.3, 0.4) is 0 Å². The smallest absolute Gasteiger partial charge is 0.263 e. The molecule has 1 aliphatic rings. The van der Waals surface area contributed by atoms with Crippen molar-refractivity contribution in [1.29, 1.82) is 0 Å². The number of thiocarbonyl (C=S) groups is 1. The summed E-state index contributed by atoms with van der Waals surface area (Å²) in [6.45, 7) is 1.79. The molecular weight excluding hydrogens is 368 g/mol. The fraction of sp³-hybridized carbons (Fsp3) is 0.105. The van der Waals surface area contributed by atoms with Gasteiger partial charge in [-0.3, -0.25) is 9.59 Å². The summed E-state index contributed by atoms with van der Waals surface area (Å²) in [5.74, 6) is 0.0363. The number of carbonyl (C=O) groups is 2. The van der Waals surface area contributed by atoms with E-state index in [2.05, 4.69) is 10.6 Å². The van der Waals surface area contributed by atoms with Crippen molar-refractivity contribution in [3.05, 3.63) is 64.6 Å². The summed E-state index contributed by atoms with van der Waals surface area (Å²) in [6, 6.07) is 14.7. The number of benzene rings is 2. The third kappa shape index (κ3) is 4.50. The van der Waals surface area contributed by atoms with Crippen molar-refractivity contribution in [3.63, 3.8) is 0 Å². The Hall–Kier alpha value is -2.64. The number of para-hydroxylation sites is 2. The van der Waals surface area contributed by atoms with E-state index < -0.39 is 0 Å². The van der Waals surface area contributed by atoms with Crippen molar-refractivity contribution in [3.8, 4) is 5.75 Å². The minimum atomic E-state index is -0.254. The van der Waals surface area contributed by atoms with Crippen molar-refractivity contribution in [1.82, 2.24) is 5.32 Å². The van der Waals surface area contributed by atoms with Gasteiger partial charge in [-0.25, -0.2) is 0 Å². The SMILES string of the molecule is Cc1ccccc1NC(=O)COc1ccccc1/C=C1\SC(=S)NC1=O. The molecule has 1 saturated heterocycles. The van der Waals surface area contributed by atoms with E-state index in [-0.39, 0.29) is 18.4 Å². The van der Waals surface area contributed by atoms with Crippen LogP contribution in [0.5, 0.6) is 5.75 Å². The molecule has 2 N–H and O–H groups in total. The lowest BCUT2D eigenvalue weighted by Crippen LogP contribution is -2.20. The number of ether oxygens (including phenoxy) is 1. The highest BCUT2D eigenvalue weighted by atomic mass is 32.2. The lowest BCUT2D eigenvalue weighted by molar-refractivity contribution is -0.118. The highest BCUT2D eigenvalue weighted by molar-refractivity contribution is 8.26. The molecule has 0 saturated carbocycles. The zero-order valence-corrected chi connectivity index (χ0v) is 15.6. The second-order valence-electron chi connectivity index (χ2n) is 5.54. The van der Waals surface area contributed by atoms with E-state index in [1.807, 2.05) is 49.4 Å². The summed E-state index contributed by atoms with van der Waals surface area (Å²) < 4.78 is 6.08. The van der Waals surface area contributed by atoms with Gasteiger partial charge < -0.3 is 15.4 Å². The van der Waals surface area contributed by atoms with Gasteiger partial charge in [0.05, 0.1) is 4.91 Å². The van der Waals surface area contributed by atoms with E-state index in [1.54, 1.807) is 12.1 Å². The average molecular weight is 384 g/mol. The summed E-state index contributed by atoms with van der Waals surface area (Å²) in [4.78, 5) is 24.5. The topological polar surface area (TPSA) is 67.4 Å². The number of rotatable bonds is 5. The van der Waals surface area contributed by atoms with Crippen LogP contribution in [0.1, 0.15) is 11.1 Å². The fourth-order valence-electron chi connectivity index (χ4n) is 2.34.